The highest BCUT2D eigenvalue weighted by Crippen LogP contribution is 2.24. The number of benzene rings is 2. The van der Waals surface area contributed by atoms with Gasteiger partial charge in [0, 0.05) is 38.4 Å². The number of hydrogen-bond acceptors (Lipinski definition) is 5. The number of nitrogens with zero attached hydrogens (tertiary/aromatic N) is 2. The standard InChI is InChI=1S/C23H30N4O3/c1-17-6-4-5-7-20(17)25-23(29)22(28)24-16-21(27-14-12-26(2)13-15-27)18-8-10-19(30-3)11-9-18/h4-11,21H,12-16H2,1-3H3,(H,24,28)(H,25,29)/t21-/m1/s1. The summed E-state index contributed by atoms with van der Waals surface area (Å²) >= 11 is 0. The molecule has 1 aliphatic heterocycles. The van der Waals surface area contributed by atoms with Gasteiger partial charge < -0.3 is 20.3 Å². The van der Waals surface area contributed by atoms with Crippen LogP contribution < -0.4 is 15.4 Å². The Morgan fingerprint density at radius 3 is 2.30 bits per heavy atom. The molecule has 0 aromatic heterocycles. The van der Waals surface area contributed by atoms with Gasteiger partial charge in [-0.3, -0.25) is 14.5 Å². The molecule has 0 saturated carbocycles. The van der Waals surface area contributed by atoms with Gasteiger partial charge in [-0.15, -0.1) is 0 Å². The van der Waals surface area contributed by atoms with Crippen LogP contribution in [0.5, 0.6) is 5.75 Å². The average Bonchev–Trinajstić information content (AvgIpc) is 2.77. The fraction of sp³-hybridized carbons (Fsp3) is 0.391. The predicted molar refractivity (Wildman–Crippen MR) is 118 cm³/mol. The Morgan fingerprint density at radius 2 is 1.67 bits per heavy atom. The third-order valence-electron chi connectivity index (χ3n) is 5.53. The molecule has 7 heteroatoms. The molecule has 2 aromatic carbocycles. The van der Waals surface area contributed by atoms with Crippen LogP contribution in [0.15, 0.2) is 48.5 Å². The number of aryl methyl sites for hydroxylation is 1. The van der Waals surface area contributed by atoms with E-state index < -0.39 is 11.8 Å². The second-order valence-corrected chi connectivity index (χ2v) is 7.61. The summed E-state index contributed by atoms with van der Waals surface area (Å²) in [5.74, 6) is -0.500. The van der Waals surface area contributed by atoms with Crippen molar-refractivity contribution in [3.05, 3.63) is 59.7 Å². The summed E-state index contributed by atoms with van der Waals surface area (Å²) in [5.41, 5.74) is 2.63. The van der Waals surface area contributed by atoms with Crippen LogP contribution in [0.2, 0.25) is 0 Å². The molecular formula is C23H30N4O3. The summed E-state index contributed by atoms with van der Waals surface area (Å²) < 4.78 is 5.26. The van der Waals surface area contributed by atoms with Gasteiger partial charge in [0.2, 0.25) is 0 Å². The molecular weight excluding hydrogens is 380 g/mol. The number of carbonyl (C=O) groups excluding carboxylic acids is 2. The molecule has 1 saturated heterocycles. The van der Waals surface area contributed by atoms with E-state index in [-0.39, 0.29) is 6.04 Å². The first-order valence-corrected chi connectivity index (χ1v) is 10.2. The van der Waals surface area contributed by atoms with E-state index in [2.05, 4.69) is 27.5 Å². The van der Waals surface area contributed by atoms with Crippen molar-refractivity contribution in [3.8, 4) is 5.75 Å². The molecule has 1 atom stereocenters. The van der Waals surface area contributed by atoms with Gasteiger partial charge in [0.15, 0.2) is 0 Å². The molecule has 1 fully saturated rings. The van der Waals surface area contributed by atoms with Gasteiger partial charge in [-0.25, -0.2) is 0 Å². The van der Waals surface area contributed by atoms with Gasteiger partial charge >= 0.3 is 11.8 Å². The molecule has 2 N–H and O–H groups in total. The Hall–Kier alpha value is -2.90. The topological polar surface area (TPSA) is 73.9 Å². The van der Waals surface area contributed by atoms with Crippen LogP contribution >= 0.6 is 0 Å². The molecule has 0 bridgehead atoms. The molecule has 160 valence electrons. The van der Waals surface area contributed by atoms with E-state index in [1.165, 1.54) is 0 Å². The van der Waals surface area contributed by atoms with Gasteiger partial charge in [-0.2, -0.15) is 0 Å². The Balaban J connectivity index is 1.66. The zero-order chi connectivity index (χ0) is 21.5. The van der Waals surface area contributed by atoms with Gasteiger partial charge in [0.25, 0.3) is 0 Å². The molecule has 2 aromatic rings. The van der Waals surface area contributed by atoms with E-state index in [0.717, 1.165) is 43.1 Å². The number of rotatable bonds is 6. The molecule has 0 spiro atoms. The second kappa shape index (κ2) is 10.2. The van der Waals surface area contributed by atoms with Crippen molar-refractivity contribution < 1.29 is 14.3 Å². The highest BCUT2D eigenvalue weighted by molar-refractivity contribution is 6.39. The molecule has 7 nitrogen and oxygen atoms in total. The van der Waals surface area contributed by atoms with Crippen molar-refractivity contribution in [2.45, 2.75) is 13.0 Å². The molecule has 2 amide bonds. The summed E-state index contributed by atoms with van der Waals surface area (Å²) in [5, 5.41) is 5.51. The first-order chi connectivity index (χ1) is 14.5. The first-order valence-electron chi connectivity index (χ1n) is 10.2. The SMILES string of the molecule is COc1ccc([C@@H](CNC(=O)C(=O)Nc2ccccc2C)N2CCN(C)CC2)cc1. The fourth-order valence-electron chi connectivity index (χ4n) is 3.58. The van der Waals surface area contributed by atoms with E-state index in [1.807, 2.05) is 49.4 Å². The Labute approximate surface area is 178 Å². The lowest BCUT2D eigenvalue weighted by Crippen LogP contribution is -2.49. The largest absolute Gasteiger partial charge is 0.497 e. The van der Waals surface area contributed by atoms with Crippen molar-refractivity contribution in [1.82, 2.24) is 15.1 Å². The predicted octanol–water partition coefficient (Wildman–Crippen LogP) is 2.05. The molecule has 0 radical (unpaired) electrons. The fourth-order valence-corrected chi connectivity index (χ4v) is 3.58. The van der Waals surface area contributed by atoms with E-state index in [4.69, 9.17) is 4.74 Å². The highest BCUT2D eigenvalue weighted by atomic mass is 16.5. The third-order valence-corrected chi connectivity index (χ3v) is 5.53. The molecule has 0 aliphatic carbocycles. The van der Waals surface area contributed by atoms with Crippen molar-refractivity contribution in [3.63, 3.8) is 0 Å². The maximum absolute atomic E-state index is 12.5. The lowest BCUT2D eigenvalue weighted by atomic mass is 10.0. The van der Waals surface area contributed by atoms with Crippen molar-refractivity contribution >= 4 is 17.5 Å². The van der Waals surface area contributed by atoms with Crippen LogP contribution in [0.3, 0.4) is 0 Å². The minimum atomic E-state index is -0.656. The smallest absolute Gasteiger partial charge is 0.313 e. The van der Waals surface area contributed by atoms with E-state index in [1.54, 1.807) is 13.2 Å². The number of methoxy groups -OCH3 is 1. The van der Waals surface area contributed by atoms with Crippen LogP contribution in [0.4, 0.5) is 5.69 Å². The van der Waals surface area contributed by atoms with Crippen molar-refractivity contribution in [2.24, 2.45) is 0 Å². The normalized spacial score (nSPS) is 16.0. The Bertz CT molecular complexity index is 861. The number of likely N-dealkylation sites (N-methyl/N-ethyl adjacent to an activating group) is 1. The summed E-state index contributed by atoms with van der Waals surface area (Å²) in [6, 6.07) is 15.2. The lowest BCUT2D eigenvalue weighted by molar-refractivity contribution is -0.136. The number of piperazine rings is 1. The quantitative estimate of drug-likeness (QED) is 0.713. The lowest BCUT2D eigenvalue weighted by Gasteiger charge is -2.38. The highest BCUT2D eigenvalue weighted by Gasteiger charge is 2.25. The first kappa shape index (κ1) is 21.8. The zero-order valence-electron chi connectivity index (χ0n) is 17.9. The summed E-state index contributed by atoms with van der Waals surface area (Å²) in [6.45, 7) is 5.98. The van der Waals surface area contributed by atoms with E-state index in [0.29, 0.717) is 12.2 Å². The average molecular weight is 411 g/mol. The number of amides is 2. The maximum atomic E-state index is 12.5. The van der Waals surface area contributed by atoms with Gasteiger partial charge in [-0.1, -0.05) is 30.3 Å². The van der Waals surface area contributed by atoms with Gasteiger partial charge in [0.1, 0.15) is 5.75 Å². The zero-order valence-corrected chi connectivity index (χ0v) is 17.9. The molecule has 0 unspecified atom stereocenters. The van der Waals surface area contributed by atoms with E-state index >= 15 is 0 Å². The minimum absolute atomic E-state index is 0.0141. The number of anilines is 1. The van der Waals surface area contributed by atoms with Gasteiger partial charge in [0.05, 0.1) is 13.2 Å². The van der Waals surface area contributed by atoms with Crippen LogP contribution in [0.25, 0.3) is 0 Å². The van der Waals surface area contributed by atoms with Crippen molar-refractivity contribution in [2.75, 3.05) is 52.2 Å². The van der Waals surface area contributed by atoms with Crippen LogP contribution in [-0.2, 0) is 9.59 Å². The van der Waals surface area contributed by atoms with Crippen LogP contribution in [0, 0.1) is 6.92 Å². The summed E-state index contributed by atoms with van der Waals surface area (Å²) in [4.78, 5) is 29.5. The van der Waals surface area contributed by atoms with Crippen LogP contribution in [-0.4, -0.2) is 68.5 Å². The molecule has 3 rings (SSSR count). The number of para-hydroxylation sites is 1. The van der Waals surface area contributed by atoms with Gasteiger partial charge in [-0.05, 0) is 43.3 Å². The number of carbonyl (C=O) groups is 2. The second-order valence-electron chi connectivity index (χ2n) is 7.61. The minimum Gasteiger partial charge on any atom is -0.497 e. The maximum Gasteiger partial charge on any atom is 0.313 e. The number of ether oxygens (including phenoxy) is 1. The van der Waals surface area contributed by atoms with Crippen molar-refractivity contribution in [1.29, 1.82) is 0 Å². The molecule has 1 aliphatic rings. The van der Waals surface area contributed by atoms with E-state index in [9.17, 15) is 9.59 Å². The Morgan fingerprint density at radius 1 is 1.00 bits per heavy atom. The number of hydrogen-bond donors (Lipinski definition) is 2. The summed E-state index contributed by atoms with van der Waals surface area (Å²) in [7, 11) is 3.75. The number of nitrogens with one attached hydrogen (secondary N) is 2. The molecule has 30 heavy (non-hydrogen) atoms. The monoisotopic (exact) mass is 410 g/mol. The summed E-state index contributed by atoms with van der Waals surface area (Å²) in [6.07, 6.45) is 0. The Kier molecular flexibility index (Phi) is 7.43. The molecule has 1 heterocycles. The van der Waals surface area contributed by atoms with Crippen LogP contribution in [0.1, 0.15) is 17.2 Å². The third kappa shape index (κ3) is 5.58.